The highest BCUT2D eigenvalue weighted by Gasteiger charge is 2.08. The molecule has 4 heteroatoms. The first-order valence-electron chi connectivity index (χ1n) is 11.7. The van der Waals surface area contributed by atoms with E-state index in [0.717, 1.165) is 53.3 Å². The Morgan fingerprint density at radius 3 is 2.50 bits per heavy atom. The number of hydrogen-bond acceptors (Lipinski definition) is 3. The van der Waals surface area contributed by atoms with E-state index >= 15 is 0 Å². The van der Waals surface area contributed by atoms with Gasteiger partial charge in [0.05, 0.1) is 24.8 Å². The van der Waals surface area contributed by atoms with Crippen LogP contribution in [-0.4, -0.2) is 23.3 Å². The van der Waals surface area contributed by atoms with E-state index in [0.29, 0.717) is 6.61 Å². The van der Waals surface area contributed by atoms with Crippen LogP contribution in [0.4, 0.5) is 0 Å². The number of aromatic nitrogens is 2. The first-order valence-corrected chi connectivity index (χ1v) is 11.7. The summed E-state index contributed by atoms with van der Waals surface area (Å²) >= 11 is 0. The van der Waals surface area contributed by atoms with Gasteiger partial charge < -0.3 is 14.0 Å². The highest BCUT2D eigenvalue weighted by molar-refractivity contribution is 5.83. The van der Waals surface area contributed by atoms with E-state index in [1.165, 1.54) is 10.8 Å². The molecule has 4 aromatic carbocycles. The summed E-state index contributed by atoms with van der Waals surface area (Å²) in [6.07, 6.45) is 6.11. The molecule has 1 aromatic heterocycles. The lowest BCUT2D eigenvalue weighted by Gasteiger charge is -2.10. The third-order valence-electron chi connectivity index (χ3n) is 6.00. The Bertz CT molecular complexity index is 1430. The third kappa shape index (κ3) is 4.81. The van der Waals surface area contributed by atoms with E-state index in [1.54, 1.807) is 7.11 Å². The predicted octanol–water partition coefficient (Wildman–Crippen LogP) is 7.23. The van der Waals surface area contributed by atoms with Crippen LogP contribution in [0.15, 0.2) is 91.0 Å². The molecule has 0 spiro atoms. The minimum Gasteiger partial charge on any atom is -0.496 e. The van der Waals surface area contributed by atoms with Crippen LogP contribution in [0, 0.1) is 0 Å². The fourth-order valence-corrected chi connectivity index (χ4v) is 4.24. The van der Waals surface area contributed by atoms with Gasteiger partial charge in [-0.3, -0.25) is 0 Å². The molecule has 0 saturated heterocycles. The van der Waals surface area contributed by atoms with Gasteiger partial charge in [0.2, 0.25) is 0 Å². The van der Waals surface area contributed by atoms with Crippen LogP contribution < -0.4 is 9.47 Å². The molecule has 0 saturated carbocycles. The summed E-state index contributed by atoms with van der Waals surface area (Å²) < 4.78 is 13.8. The van der Waals surface area contributed by atoms with Gasteiger partial charge in [0.15, 0.2) is 0 Å². The first kappa shape index (κ1) is 21.8. The summed E-state index contributed by atoms with van der Waals surface area (Å²) in [5, 5.41) is 2.44. The molecule has 5 aromatic rings. The molecule has 1 heterocycles. The third-order valence-corrected chi connectivity index (χ3v) is 6.00. The maximum absolute atomic E-state index is 6.03. The second-order valence-corrected chi connectivity index (χ2v) is 8.25. The quantitative estimate of drug-likeness (QED) is 0.223. The smallest absolute Gasteiger partial charge is 0.133 e. The van der Waals surface area contributed by atoms with Crippen LogP contribution in [0.3, 0.4) is 0 Å². The predicted molar refractivity (Wildman–Crippen MR) is 140 cm³/mol. The van der Waals surface area contributed by atoms with E-state index < -0.39 is 0 Å². The summed E-state index contributed by atoms with van der Waals surface area (Å²) in [5.41, 5.74) is 3.19. The number of fused-ring (bicyclic) bond motifs is 2. The van der Waals surface area contributed by atoms with Gasteiger partial charge >= 0.3 is 0 Å². The van der Waals surface area contributed by atoms with Crippen LogP contribution in [0.2, 0.25) is 0 Å². The fourth-order valence-electron chi connectivity index (χ4n) is 4.24. The van der Waals surface area contributed by atoms with Crippen molar-refractivity contribution in [2.75, 3.05) is 13.7 Å². The van der Waals surface area contributed by atoms with Gasteiger partial charge in [0, 0.05) is 12.1 Å². The molecule has 0 N–H and O–H groups in total. The monoisotopic (exact) mass is 448 g/mol. The van der Waals surface area contributed by atoms with Gasteiger partial charge in [-0.25, -0.2) is 4.98 Å². The average molecular weight is 449 g/mol. The van der Waals surface area contributed by atoms with Crippen molar-refractivity contribution in [2.24, 2.45) is 0 Å². The standard InChI is InChI=1S/C30H28N2O2/c1-33-29-15-7-4-11-24(29)17-19-30-31-27-13-5-6-14-28(27)32(30)20-8-9-21-34-26-18-16-23-10-2-3-12-25(23)22-26/h2-7,10-19,22H,8-9,20-21H2,1H3/b19-17+. The largest absolute Gasteiger partial charge is 0.496 e. The second-order valence-electron chi connectivity index (χ2n) is 8.25. The Hall–Kier alpha value is -4.05. The molecule has 0 amide bonds. The van der Waals surface area contributed by atoms with Crippen molar-refractivity contribution in [2.45, 2.75) is 19.4 Å². The Balaban J connectivity index is 1.26. The number of para-hydroxylation sites is 3. The molecule has 0 aliphatic carbocycles. The second kappa shape index (κ2) is 10.3. The van der Waals surface area contributed by atoms with Crippen molar-refractivity contribution >= 4 is 34.0 Å². The maximum Gasteiger partial charge on any atom is 0.133 e. The number of aryl methyl sites for hydroxylation is 1. The Morgan fingerprint density at radius 1 is 0.794 bits per heavy atom. The number of methoxy groups -OCH3 is 1. The number of nitrogens with zero attached hydrogens (tertiary/aromatic N) is 2. The summed E-state index contributed by atoms with van der Waals surface area (Å²) in [5.74, 6) is 2.72. The Labute approximate surface area is 200 Å². The number of rotatable bonds is 9. The molecule has 0 atom stereocenters. The van der Waals surface area contributed by atoms with E-state index in [9.17, 15) is 0 Å². The highest BCUT2D eigenvalue weighted by atomic mass is 16.5. The average Bonchev–Trinajstić information content (AvgIpc) is 3.24. The molecule has 170 valence electrons. The summed E-state index contributed by atoms with van der Waals surface area (Å²) in [6.45, 7) is 1.57. The molecule has 0 radical (unpaired) electrons. The maximum atomic E-state index is 6.03. The van der Waals surface area contributed by atoms with Crippen molar-refractivity contribution in [3.8, 4) is 11.5 Å². The minimum absolute atomic E-state index is 0.692. The highest BCUT2D eigenvalue weighted by Crippen LogP contribution is 2.23. The molecular weight excluding hydrogens is 420 g/mol. The molecule has 0 bridgehead atoms. The van der Waals surface area contributed by atoms with E-state index in [4.69, 9.17) is 14.5 Å². The zero-order chi connectivity index (χ0) is 23.2. The van der Waals surface area contributed by atoms with E-state index in [-0.39, 0.29) is 0 Å². The Morgan fingerprint density at radius 2 is 1.59 bits per heavy atom. The number of benzene rings is 4. The van der Waals surface area contributed by atoms with Crippen molar-refractivity contribution in [3.63, 3.8) is 0 Å². The molecule has 5 rings (SSSR count). The molecule has 34 heavy (non-hydrogen) atoms. The van der Waals surface area contributed by atoms with E-state index in [1.807, 2.05) is 36.4 Å². The van der Waals surface area contributed by atoms with Crippen LogP contribution in [-0.2, 0) is 6.54 Å². The van der Waals surface area contributed by atoms with Gasteiger partial charge in [-0.2, -0.15) is 0 Å². The van der Waals surface area contributed by atoms with Crippen molar-refractivity contribution in [3.05, 3.63) is 102 Å². The van der Waals surface area contributed by atoms with Gasteiger partial charge in [0.25, 0.3) is 0 Å². The summed E-state index contributed by atoms with van der Waals surface area (Å²) in [4.78, 5) is 4.86. The lowest BCUT2D eigenvalue weighted by molar-refractivity contribution is 0.304. The first-order chi connectivity index (χ1) is 16.8. The van der Waals surface area contributed by atoms with Gasteiger partial charge in [0.1, 0.15) is 17.3 Å². The number of hydrogen-bond donors (Lipinski definition) is 0. The van der Waals surface area contributed by atoms with Gasteiger partial charge in [-0.1, -0.05) is 60.7 Å². The number of unbranched alkanes of at least 4 members (excludes halogenated alkanes) is 1. The SMILES string of the molecule is COc1ccccc1/C=C/c1nc2ccccc2n1CCCCOc1ccc2ccccc2c1. The molecule has 4 nitrogen and oxygen atoms in total. The lowest BCUT2D eigenvalue weighted by atomic mass is 10.1. The normalized spacial score (nSPS) is 11.4. The summed E-state index contributed by atoms with van der Waals surface area (Å²) in [6, 6.07) is 30.9. The molecule has 0 fully saturated rings. The number of ether oxygens (including phenoxy) is 2. The van der Waals surface area contributed by atoms with Crippen LogP contribution >= 0.6 is 0 Å². The van der Waals surface area contributed by atoms with E-state index in [2.05, 4.69) is 71.3 Å². The summed E-state index contributed by atoms with van der Waals surface area (Å²) in [7, 11) is 1.70. The van der Waals surface area contributed by atoms with Crippen LogP contribution in [0.1, 0.15) is 24.2 Å². The van der Waals surface area contributed by atoms with Crippen molar-refractivity contribution < 1.29 is 9.47 Å². The molecular formula is C30H28N2O2. The van der Waals surface area contributed by atoms with Crippen molar-refractivity contribution in [1.82, 2.24) is 9.55 Å². The zero-order valence-corrected chi connectivity index (χ0v) is 19.4. The van der Waals surface area contributed by atoms with Crippen LogP contribution in [0.5, 0.6) is 11.5 Å². The lowest BCUT2D eigenvalue weighted by Crippen LogP contribution is -2.04. The minimum atomic E-state index is 0.692. The topological polar surface area (TPSA) is 36.3 Å². The van der Waals surface area contributed by atoms with Gasteiger partial charge in [-0.05, 0) is 66.1 Å². The fraction of sp³-hybridized carbons (Fsp3) is 0.167. The number of imidazole rings is 1. The van der Waals surface area contributed by atoms with Crippen LogP contribution in [0.25, 0.3) is 34.0 Å². The molecule has 0 unspecified atom stereocenters. The molecule has 0 aliphatic heterocycles. The van der Waals surface area contributed by atoms with Crippen molar-refractivity contribution in [1.29, 1.82) is 0 Å². The zero-order valence-electron chi connectivity index (χ0n) is 19.4. The van der Waals surface area contributed by atoms with Gasteiger partial charge in [-0.15, -0.1) is 0 Å². The molecule has 0 aliphatic rings. The Kier molecular flexibility index (Phi) is 6.57.